The first-order valence-corrected chi connectivity index (χ1v) is 12.5. The lowest BCUT2D eigenvalue weighted by atomic mass is 9.60. The van der Waals surface area contributed by atoms with E-state index in [0.29, 0.717) is 10.5 Å². The Morgan fingerprint density at radius 2 is 1.73 bits per heavy atom. The molecule has 0 amide bonds. The van der Waals surface area contributed by atoms with Crippen LogP contribution in [0, 0.1) is 29.1 Å². The van der Waals surface area contributed by atoms with Crippen LogP contribution in [-0.4, -0.2) is 14.9 Å². The van der Waals surface area contributed by atoms with Gasteiger partial charge >= 0.3 is 0 Å². The molecule has 2 saturated carbocycles. The minimum atomic E-state index is -1.60. The molecule has 5 atom stereocenters. The first kappa shape index (κ1) is 18.5. The van der Waals surface area contributed by atoms with Crippen LogP contribution in [0.1, 0.15) is 73.6 Å². The lowest BCUT2D eigenvalue weighted by Gasteiger charge is -2.46. The summed E-state index contributed by atoms with van der Waals surface area (Å²) in [6.45, 7) is 20.3. The molecule has 0 aromatic rings. The molecule has 22 heavy (non-hydrogen) atoms. The molecule has 0 aromatic heterocycles. The zero-order valence-electron chi connectivity index (χ0n) is 16.5. The van der Waals surface area contributed by atoms with Crippen LogP contribution in [0.5, 0.6) is 0 Å². The highest BCUT2D eigenvalue weighted by atomic mass is 28.4. The van der Waals surface area contributed by atoms with Gasteiger partial charge in [0, 0.05) is 6.61 Å². The monoisotopic (exact) mass is 324 g/mol. The molecule has 0 aliphatic heterocycles. The van der Waals surface area contributed by atoms with Gasteiger partial charge in [-0.1, -0.05) is 48.0 Å². The van der Waals surface area contributed by atoms with Crippen LogP contribution >= 0.6 is 0 Å². The molecular formula is C20H40OSi. The number of fused-ring (bicyclic) bond motifs is 1. The third kappa shape index (κ3) is 3.48. The van der Waals surface area contributed by atoms with Gasteiger partial charge in [-0.25, -0.2) is 0 Å². The Kier molecular flexibility index (Phi) is 5.25. The average molecular weight is 325 g/mol. The van der Waals surface area contributed by atoms with Crippen LogP contribution in [0.4, 0.5) is 0 Å². The fourth-order valence-corrected chi connectivity index (χ4v) is 6.19. The molecule has 1 nitrogen and oxygen atoms in total. The van der Waals surface area contributed by atoms with Crippen LogP contribution in [-0.2, 0) is 4.43 Å². The molecule has 130 valence electrons. The van der Waals surface area contributed by atoms with E-state index in [-0.39, 0.29) is 0 Å². The fraction of sp³-hybridized carbons (Fsp3) is 1.00. The van der Waals surface area contributed by atoms with E-state index in [1.165, 1.54) is 32.1 Å². The van der Waals surface area contributed by atoms with Gasteiger partial charge in [0.05, 0.1) is 0 Å². The van der Waals surface area contributed by atoms with Crippen molar-refractivity contribution in [3.05, 3.63) is 0 Å². The summed E-state index contributed by atoms with van der Waals surface area (Å²) in [5, 5.41) is 0.328. The van der Waals surface area contributed by atoms with Crippen molar-refractivity contribution >= 4 is 8.32 Å². The van der Waals surface area contributed by atoms with Gasteiger partial charge in [-0.15, -0.1) is 0 Å². The molecule has 2 fully saturated rings. The molecule has 2 heteroatoms. The van der Waals surface area contributed by atoms with Crippen molar-refractivity contribution in [1.82, 2.24) is 0 Å². The predicted octanol–water partition coefficient (Wildman–Crippen LogP) is 6.50. The van der Waals surface area contributed by atoms with Gasteiger partial charge < -0.3 is 4.43 Å². The quantitative estimate of drug-likeness (QED) is 0.536. The molecule has 2 aliphatic carbocycles. The second kappa shape index (κ2) is 6.24. The normalized spacial score (nSPS) is 37.9. The predicted molar refractivity (Wildman–Crippen MR) is 99.6 cm³/mol. The minimum Gasteiger partial charge on any atom is -0.417 e. The van der Waals surface area contributed by atoms with Crippen molar-refractivity contribution in [3.8, 4) is 0 Å². The zero-order chi connectivity index (χ0) is 16.8. The van der Waals surface area contributed by atoms with Crippen molar-refractivity contribution in [1.29, 1.82) is 0 Å². The fourth-order valence-electron chi connectivity index (χ4n) is 5.08. The summed E-state index contributed by atoms with van der Waals surface area (Å²) in [4.78, 5) is 0. The van der Waals surface area contributed by atoms with E-state index in [1.807, 2.05) is 0 Å². The molecular weight excluding hydrogens is 284 g/mol. The van der Waals surface area contributed by atoms with Gasteiger partial charge in [0.15, 0.2) is 8.32 Å². The summed E-state index contributed by atoms with van der Waals surface area (Å²) >= 11 is 0. The third-order valence-electron chi connectivity index (χ3n) is 7.60. The van der Waals surface area contributed by atoms with Gasteiger partial charge in [0.25, 0.3) is 0 Å². The van der Waals surface area contributed by atoms with Crippen LogP contribution in [0.25, 0.3) is 0 Å². The number of hydrogen-bond donors (Lipinski definition) is 0. The second-order valence-electron chi connectivity index (χ2n) is 10.3. The van der Waals surface area contributed by atoms with Crippen molar-refractivity contribution in [2.75, 3.05) is 6.61 Å². The van der Waals surface area contributed by atoms with Crippen molar-refractivity contribution in [2.24, 2.45) is 29.1 Å². The maximum Gasteiger partial charge on any atom is 0.191 e. The number of rotatable bonds is 4. The van der Waals surface area contributed by atoms with E-state index in [0.717, 1.165) is 30.3 Å². The van der Waals surface area contributed by atoms with Crippen LogP contribution in [0.15, 0.2) is 0 Å². The van der Waals surface area contributed by atoms with E-state index in [1.54, 1.807) is 0 Å². The maximum absolute atomic E-state index is 6.56. The first-order valence-electron chi connectivity index (χ1n) is 9.61. The summed E-state index contributed by atoms with van der Waals surface area (Å²) in [5.74, 6) is 3.51. The molecule has 0 saturated heterocycles. The SMILES string of the molecule is C[C@@H]1CC[C@@H]2CC[C@H]([C@H](C)CO[Si](C)(C)C(C)(C)C)[C@]2(C)C1. The smallest absolute Gasteiger partial charge is 0.191 e. The largest absolute Gasteiger partial charge is 0.417 e. The van der Waals surface area contributed by atoms with Gasteiger partial charge in [-0.2, -0.15) is 0 Å². The van der Waals surface area contributed by atoms with Gasteiger partial charge in [-0.3, -0.25) is 0 Å². The Labute approximate surface area is 140 Å². The first-order chi connectivity index (χ1) is 9.97. The molecule has 2 aliphatic rings. The Morgan fingerprint density at radius 1 is 1.14 bits per heavy atom. The summed E-state index contributed by atoms with van der Waals surface area (Å²) < 4.78 is 6.56. The minimum absolute atomic E-state index is 0.328. The average Bonchev–Trinajstić information content (AvgIpc) is 2.70. The van der Waals surface area contributed by atoms with Crippen LogP contribution < -0.4 is 0 Å². The highest BCUT2D eigenvalue weighted by molar-refractivity contribution is 6.74. The maximum atomic E-state index is 6.56. The molecule has 0 aromatic carbocycles. The van der Waals surface area contributed by atoms with Gasteiger partial charge in [-0.05, 0) is 72.9 Å². The Hall–Kier alpha value is 0.177. The molecule has 0 heterocycles. The van der Waals surface area contributed by atoms with E-state index in [4.69, 9.17) is 4.43 Å². The Bertz CT molecular complexity index is 384. The topological polar surface area (TPSA) is 9.23 Å². The summed E-state index contributed by atoms with van der Waals surface area (Å²) in [7, 11) is -1.60. The Morgan fingerprint density at radius 3 is 2.32 bits per heavy atom. The molecule has 0 unspecified atom stereocenters. The van der Waals surface area contributed by atoms with Crippen molar-refractivity contribution in [3.63, 3.8) is 0 Å². The summed E-state index contributed by atoms with van der Waals surface area (Å²) in [5.41, 5.74) is 0.591. The highest BCUT2D eigenvalue weighted by Crippen LogP contribution is 2.58. The molecule has 0 spiro atoms. The van der Waals surface area contributed by atoms with Crippen LogP contribution in [0.2, 0.25) is 18.1 Å². The van der Waals surface area contributed by atoms with E-state index in [2.05, 4.69) is 54.6 Å². The molecule has 0 N–H and O–H groups in total. The third-order valence-corrected chi connectivity index (χ3v) is 12.1. The van der Waals surface area contributed by atoms with Gasteiger partial charge in [0.2, 0.25) is 0 Å². The second-order valence-corrected chi connectivity index (χ2v) is 15.1. The van der Waals surface area contributed by atoms with Gasteiger partial charge in [0.1, 0.15) is 0 Å². The zero-order valence-corrected chi connectivity index (χ0v) is 17.5. The highest BCUT2D eigenvalue weighted by Gasteiger charge is 2.50. The molecule has 0 radical (unpaired) electrons. The molecule has 0 bridgehead atoms. The summed E-state index contributed by atoms with van der Waals surface area (Å²) in [6.07, 6.45) is 7.30. The van der Waals surface area contributed by atoms with E-state index < -0.39 is 8.32 Å². The van der Waals surface area contributed by atoms with E-state index in [9.17, 15) is 0 Å². The summed E-state index contributed by atoms with van der Waals surface area (Å²) in [6, 6.07) is 0. The Balaban J connectivity index is 1.99. The van der Waals surface area contributed by atoms with Crippen molar-refractivity contribution in [2.45, 2.75) is 91.8 Å². The lowest BCUT2D eigenvalue weighted by Crippen LogP contribution is -2.44. The van der Waals surface area contributed by atoms with E-state index >= 15 is 0 Å². The standard InChI is InChI=1S/C20H40OSi/c1-15-9-10-17-11-12-18(20(17,6)13-15)16(2)14-21-22(7,8)19(3,4)5/h15-18H,9-14H2,1-8H3/t15-,16-,17-,18-,20-/m1/s1. The van der Waals surface area contributed by atoms with Crippen LogP contribution in [0.3, 0.4) is 0 Å². The molecule has 2 rings (SSSR count). The van der Waals surface area contributed by atoms with Crippen molar-refractivity contribution < 1.29 is 4.43 Å². The number of hydrogen-bond acceptors (Lipinski definition) is 1. The lowest BCUT2D eigenvalue weighted by molar-refractivity contribution is 0.0302.